The zero-order valence-electron chi connectivity index (χ0n) is 21.1. The van der Waals surface area contributed by atoms with Crippen molar-refractivity contribution in [3.8, 4) is 10.7 Å². The number of phenolic OH excluding ortho intramolecular Hbond substituents is 1. The summed E-state index contributed by atoms with van der Waals surface area (Å²) in [6, 6.07) is 3.90. The number of amides is 1. The molecule has 1 aromatic carbocycles. The molecule has 0 saturated heterocycles. The van der Waals surface area contributed by atoms with Gasteiger partial charge in [-0.3, -0.25) is 4.79 Å². The number of carbonyl (C=O) groups excluding carboxylic acids is 2. The summed E-state index contributed by atoms with van der Waals surface area (Å²) in [5, 5.41) is 23.2. The number of benzene rings is 1. The minimum atomic E-state index is -0.134. The van der Waals surface area contributed by atoms with Gasteiger partial charge in [-0.2, -0.15) is 0 Å². The Labute approximate surface area is 216 Å². The van der Waals surface area contributed by atoms with Crippen LogP contribution in [0.1, 0.15) is 107 Å². The summed E-state index contributed by atoms with van der Waals surface area (Å²) in [4.78, 5) is 27.4. The molecule has 0 aliphatic heterocycles. The van der Waals surface area contributed by atoms with Gasteiger partial charge in [0.25, 0.3) is 0 Å². The first-order chi connectivity index (χ1) is 16.9. The number of nitriles is 1. The monoisotopic (exact) mass is 544 g/mol. The number of Topliss-reactive ketones (excluding diaryl/α,β-unsaturated/α-hetero) is 1. The van der Waals surface area contributed by atoms with Gasteiger partial charge in [-0.25, -0.2) is 0 Å². The second kappa shape index (κ2) is 11.9. The van der Waals surface area contributed by atoms with Crippen LogP contribution in [-0.2, 0) is 16.0 Å². The first-order valence-electron chi connectivity index (χ1n) is 13.6. The van der Waals surface area contributed by atoms with Crippen LogP contribution in [0.15, 0.2) is 12.1 Å². The molecule has 190 valence electrons. The SMILES string of the molecule is C[C@]12CC[C@@H]3c4cc(NC(=O)CCCCCCCCC[Se]C#N)c(O)cc4CC[C@H]3[C@@H]1CCC2=O. The van der Waals surface area contributed by atoms with E-state index in [1.807, 2.05) is 12.1 Å². The molecule has 4 rings (SSSR count). The summed E-state index contributed by atoms with van der Waals surface area (Å²) >= 11 is 0.162. The predicted molar refractivity (Wildman–Crippen MR) is 139 cm³/mol. The van der Waals surface area contributed by atoms with Crippen LogP contribution in [0.2, 0.25) is 5.32 Å². The summed E-state index contributed by atoms with van der Waals surface area (Å²) < 4.78 is 0. The Morgan fingerprint density at radius 1 is 1.11 bits per heavy atom. The van der Waals surface area contributed by atoms with Crippen LogP contribution in [0.5, 0.6) is 5.75 Å². The molecular weight excluding hydrogens is 503 g/mol. The molecule has 6 heteroatoms. The normalized spacial score (nSPS) is 27.0. The number of unbranched alkanes of at least 4 members (excludes halogenated alkanes) is 6. The first kappa shape index (κ1) is 26.2. The van der Waals surface area contributed by atoms with Crippen molar-refractivity contribution in [3.05, 3.63) is 23.3 Å². The van der Waals surface area contributed by atoms with E-state index in [2.05, 4.69) is 17.2 Å². The van der Waals surface area contributed by atoms with E-state index < -0.39 is 0 Å². The summed E-state index contributed by atoms with van der Waals surface area (Å²) in [5.41, 5.74) is 2.91. The van der Waals surface area contributed by atoms with Crippen LogP contribution < -0.4 is 5.32 Å². The maximum atomic E-state index is 12.6. The topological polar surface area (TPSA) is 90.2 Å². The third kappa shape index (κ3) is 5.95. The van der Waals surface area contributed by atoms with Gasteiger partial charge in [-0.1, -0.05) is 6.92 Å². The number of aryl methyl sites for hydroxylation is 1. The van der Waals surface area contributed by atoms with Gasteiger partial charge in [0.15, 0.2) is 0 Å². The molecule has 2 saturated carbocycles. The molecule has 0 bridgehead atoms. The molecule has 0 aromatic heterocycles. The van der Waals surface area contributed by atoms with Crippen molar-refractivity contribution in [2.45, 2.75) is 108 Å². The van der Waals surface area contributed by atoms with Gasteiger partial charge in [0.1, 0.15) is 11.5 Å². The molecule has 0 spiro atoms. The zero-order valence-corrected chi connectivity index (χ0v) is 22.8. The predicted octanol–water partition coefficient (Wildman–Crippen LogP) is 6.48. The fourth-order valence-electron chi connectivity index (χ4n) is 7.08. The van der Waals surface area contributed by atoms with Crippen LogP contribution >= 0.6 is 0 Å². The molecule has 0 heterocycles. The Morgan fingerprint density at radius 2 is 1.86 bits per heavy atom. The number of carbonyl (C=O) groups is 2. The number of hydrogen-bond acceptors (Lipinski definition) is 4. The molecule has 4 atom stereocenters. The number of rotatable bonds is 11. The largest absolute Gasteiger partial charge is 0.506 e. The van der Waals surface area contributed by atoms with Crippen LogP contribution in [0.4, 0.5) is 5.69 Å². The Bertz CT molecular complexity index is 971. The Kier molecular flexibility index (Phi) is 8.95. The van der Waals surface area contributed by atoms with Crippen molar-refractivity contribution in [2.24, 2.45) is 17.3 Å². The number of nitrogens with zero attached hydrogens (tertiary/aromatic N) is 1. The molecule has 35 heavy (non-hydrogen) atoms. The smallest absolute Gasteiger partial charge is 0.139 e. The van der Waals surface area contributed by atoms with Crippen molar-refractivity contribution >= 4 is 32.3 Å². The van der Waals surface area contributed by atoms with Crippen LogP contribution in [0.3, 0.4) is 0 Å². The minimum Gasteiger partial charge on any atom is -0.506 e. The molecule has 3 aliphatic rings. The molecular formula is C29H40N2O3Se. The Balaban J connectivity index is 1.27. The van der Waals surface area contributed by atoms with E-state index in [0.717, 1.165) is 63.1 Å². The number of anilines is 1. The average molecular weight is 544 g/mol. The molecule has 1 aromatic rings. The summed E-state index contributed by atoms with van der Waals surface area (Å²) in [7, 11) is 0. The number of fused-ring (bicyclic) bond motifs is 5. The van der Waals surface area contributed by atoms with E-state index in [9.17, 15) is 14.7 Å². The maximum absolute atomic E-state index is 12.6. The molecule has 3 aliphatic carbocycles. The third-order valence-corrected chi connectivity index (χ3v) is 10.3. The number of aromatic hydroxyl groups is 1. The van der Waals surface area contributed by atoms with E-state index >= 15 is 0 Å². The van der Waals surface area contributed by atoms with Gasteiger partial charge >= 0.3 is 104 Å². The Hall–Kier alpha value is -1.83. The van der Waals surface area contributed by atoms with Gasteiger partial charge in [0, 0.05) is 11.8 Å². The second-order valence-corrected chi connectivity index (χ2v) is 13.0. The van der Waals surface area contributed by atoms with Crippen molar-refractivity contribution in [1.82, 2.24) is 0 Å². The second-order valence-electron chi connectivity index (χ2n) is 11.1. The van der Waals surface area contributed by atoms with Gasteiger partial charge < -0.3 is 5.11 Å². The maximum Gasteiger partial charge on any atom is 0.139 e. The number of hydrogen-bond donors (Lipinski definition) is 2. The van der Waals surface area contributed by atoms with Gasteiger partial charge in [0.05, 0.1) is 0 Å². The van der Waals surface area contributed by atoms with E-state index in [1.165, 1.54) is 36.8 Å². The van der Waals surface area contributed by atoms with Crippen LogP contribution in [-0.4, -0.2) is 31.8 Å². The number of nitrogens with one attached hydrogen (secondary N) is 1. The van der Waals surface area contributed by atoms with Crippen molar-refractivity contribution in [2.75, 3.05) is 5.32 Å². The van der Waals surface area contributed by atoms with Gasteiger partial charge in [0.2, 0.25) is 0 Å². The molecule has 1 amide bonds. The van der Waals surface area contributed by atoms with Crippen molar-refractivity contribution < 1.29 is 14.7 Å². The molecule has 2 fully saturated rings. The number of ketones is 1. The fourth-order valence-corrected chi connectivity index (χ4v) is 8.00. The van der Waals surface area contributed by atoms with Crippen molar-refractivity contribution in [1.29, 1.82) is 5.26 Å². The summed E-state index contributed by atoms with van der Waals surface area (Å²) in [5.74, 6) is 2.05. The van der Waals surface area contributed by atoms with E-state index in [4.69, 9.17) is 5.26 Å². The van der Waals surface area contributed by atoms with E-state index in [0.29, 0.717) is 35.6 Å². The summed E-state index contributed by atoms with van der Waals surface area (Å²) in [6.45, 7) is 2.19. The molecule has 2 N–H and O–H groups in total. The minimum absolute atomic E-state index is 0.0241. The zero-order chi connectivity index (χ0) is 24.8. The van der Waals surface area contributed by atoms with Crippen LogP contribution in [0.25, 0.3) is 0 Å². The first-order valence-corrected chi connectivity index (χ1v) is 15.7. The van der Waals surface area contributed by atoms with Crippen molar-refractivity contribution in [3.63, 3.8) is 0 Å². The van der Waals surface area contributed by atoms with Gasteiger partial charge in [-0.05, 0) is 73.1 Å². The van der Waals surface area contributed by atoms with Crippen LogP contribution in [0, 0.1) is 27.5 Å². The molecule has 5 nitrogen and oxygen atoms in total. The average Bonchev–Trinajstić information content (AvgIpc) is 3.15. The summed E-state index contributed by atoms with van der Waals surface area (Å²) in [6.07, 6.45) is 14.1. The quantitative estimate of drug-likeness (QED) is 0.190. The molecule has 0 unspecified atom stereocenters. The van der Waals surface area contributed by atoms with Gasteiger partial charge in [-0.15, -0.1) is 0 Å². The van der Waals surface area contributed by atoms with E-state index in [1.54, 1.807) is 0 Å². The standard InChI is InChI=1S/C29H40N2O3Se/c1-29-15-14-21-22(24(29)12-13-27(29)33)11-10-20-17-26(32)25(18-23(20)21)31-28(34)9-7-5-3-2-4-6-8-16-35-19-30/h17-18,21-22,24,32H,2-16H2,1H3,(H,31,34)/t21-,22+,24-,29-/m0/s1. The number of phenols is 1. The third-order valence-electron chi connectivity index (χ3n) is 9.04. The fraction of sp³-hybridized carbons (Fsp3) is 0.690. The molecule has 0 radical (unpaired) electrons. The Morgan fingerprint density at radius 3 is 2.63 bits per heavy atom. The van der Waals surface area contributed by atoms with E-state index in [-0.39, 0.29) is 32.0 Å².